The molecule has 22 heavy (non-hydrogen) atoms. The number of sulfonamides is 1. The van der Waals surface area contributed by atoms with Gasteiger partial charge in [-0.3, -0.25) is 4.72 Å². The molecule has 0 spiro atoms. The molecule has 118 valence electrons. The van der Waals surface area contributed by atoms with Crippen LogP contribution in [0.1, 0.15) is 12.5 Å². The van der Waals surface area contributed by atoms with E-state index >= 15 is 0 Å². The van der Waals surface area contributed by atoms with Crippen LogP contribution in [0.25, 0.3) is 0 Å². The minimum atomic E-state index is -3.68. The molecule has 0 aliphatic carbocycles. The highest BCUT2D eigenvalue weighted by Gasteiger charge is 2.17. The predicted molar refractivity (Wildman–Crippen MR) is 86.2 cm³/mol. The lowest BCUT2D eigenvalue weighted by Gasteiger charge is -2.13. The van der Waals surface area contributed by atoms with Crippen molar-refractivity contribution < 1.29 is 17.9 Å². The van der Waals surface area contributed by atoms with Gasteiger partial charge in [0.05, 0.1) is 24.8 Å². The van der Waals surface area contributed by atoms with Crippen molar-refractivity contribution in [1.82, 2.24) is 0 Å². The molecule has 0 saturated carbocycles. The molecule has 0 fully saturated rings. The summed E-state index contributed by atoms with van der Waals surface area (Å²) in [6, 6.07) is 11.6. The summed E-state index contributed by atoms with van der Waals surface area (Å²) < 4.78 is 37.7. The molecule has 0 heterocycles. The van der Waals surface area contributed by atoms with Crippen LogP contribution in [0.4, 0.5) is 5.69 Å². The highest BCUT2D eigenvalue weighted by atomic mass is 32.2. The molecule has 0 aliphatic rings. The minimum absolute atomic E-state index is 0.164. The molecular weight excluding hydrogens is 302 g/mol. The van der Waals surface area contributed by atoms with E-state index in [0.29, 0.717) is 17.2 Å². The molecule has 0 aliphatic heterocycles. The van der Waals surface area contributed by atoms with Crippen molar-refractivity contribution >= 4 is 15.7 Å². The van der Waals surface area contributed by atoms with Crippen molar-refractivity contribution in [2.45, 2.75) is 18.2 Å². The Morgan fingerprint density at radius 3 is 2.23 bits per heavy atom. The molecule has 0 amide bonds. The van der Waals surface area contributed by atoms with Crippen LogP contribution < -0.4 is 14.2 Å². The number of nitrogens with one attached hydrogen (secondary N) is 1. The van der Waals surface area contributed by atoms with Gasteiger partial charge in [-0.25, -0.2) is 8.42 Å². The van der Waals surface area contributed by atoms with Crippen LogP contribution in [0.5, 0.6) is 11.5 Å². The van der Waals surface area contributed by atoms with Crippen molar-refractivity contribution in [3.05, 3.63) is 48.0 Å². The summed E-state index contributed by atoms with van der Waals surface area (Å²) in [7, 11) is -0.645. The highest BCUT2D eigenvalue weighted by Crippen LogP contribution is 2.28. The summed E-state index contributed by atoms with van der Waals surface area (Å²) in [5.41, 5.74) is 1.45. The van der Waals surface area contributed by atoms with Crippen molar-refractivity contribution in [1.29, 1.82) is 0 Å². The van der Waals surface area contributed by atoms with Crippen molar-refractivity contribution in [3.8, 4) is 11.5 Å². The lowest BCUT2D eigenvalue weighted by Crippen LogP contribution is -2.13. The first kappa shape index (κ1) is 16.2. The molecule has 0 bridgehead atoms. The van der Waals surface area contributed by atoms with E-state index in [1.165, 1.54) is 26.4 Å². The smallest absolute Gasteiger partial charge is 0.262 e. The molecular formula is C16H19NO4S. The Kier molecular flexibility index (Phi) is 4.92. The maximum atomic E-state index is 12.5. The molecule has 2 aromatic carbocycles. The third-order valence-electron chi connectivity index (χ3n) is 3.29. The monoisotopic (exact) mass is 321 g/mol. The summed E-state index contributed by atoms with van der Waals surface area (Å²) >= 11 is 0. The topological polar surface area (TPSA) is 64.6 Å². The van der Waals surface area contributed by atoms with E-state index < -0.39 is 10.0 Å². The quantitative estimate of drug-likeness (QED) is 0.888. The van der Waals surface area contributed by atoms with Crippen LogP contribution >= 0.6 is 0 Å². The number of hydrogen-bond acceptors (Lipinski definition) is 4. The molecule has 6 heteroatoms. The second-order valence-electron chi connectivity index (χ2n) is 4.67. The third-order valence-corrected chi connectivity index (χ3v) is 4.67. The molecule has 2 rings (SSSR count). The lowest BCUT2D eigenvalue weighted by molar-refractivity contribution is 0.414. The van der Waals surface area contributed by atoms with Gasteiger partial charge in [0.15, 0.2) is 0 Å². The number of rotatable bonds is 6. The number of hydrogen-bond donors (Lipinski definition) is 1. The second kappa shape index (κ2) is 6.70. The van der Waals surface area contributed by atoms with E-state index in [-0.39, 0.29) is 4.90 Å². The largest absolute Gasteiger partial charge is 0.497 e. The number of anilines is 1. The fourth-order valence-electron chi connectivity index (χ4n) is 2.01. The van der Waals surface area contributed by atoms with Crippen molar-refractivity contribution in [2.75, 3.05) is 18.9 Å². The molecule has 1 N–H and O–H groups in total. The molecule has 0 unspecified atom stereocenters. The van der Waals surface area contributed by atoms with Gasteiger partial charge in [-0.05, 0) is 48.4 Å². The summed E-state index contributed by atoms with van der Waals surface area (Å²) in [5.74, 6) is 1.08. The van der Waals surface area contributed by atoms with Gasteiger partial charge in [0.2, 0.25) is 0 Å². The zero-order chi connectivity index (χ0) is 16.2. The molecule has 0 saturated heterocycles. The van der Waals surface area contributed by atoms with E-state index in [9.17, 15) is 8.42 Å². The van der Waals surface area contributed by atoms with Gasteiger partial charge >= 0.3 is 0 Å². The van der Waals surface area contributed by atoms with Gasteiger partial charge in [0.25, 0.3) is 10.0 Å². The van der Waals surface area contributed by atoms with Crippen LogP contribution in [0, 0.1) is 0 Å². The second-order valence-corrected chi connectivity index (χ2v) is 6.35. The van der Waals surface area contributed by atoms with Crippen molar-refractivity contribution in [3.63, 3.8) is 0 Å². The third kappa shape index (κ3) is 3.51. The zero-order valence-corrected chi connectivity index (χ0v) is 13.6. The zero-order valence-electron chi connectivity index (χ0n) is 12.8. The number of aryl methyl sites for hydroxylation is 1. The van der Waals surface area contributed by atoms with Gasteiger partial charge in [0.1, 0.15) is 11.5 Å². The van der Waals surface area contributed by atoms with E-state index in [1.807, 2.05) is 13.0 Å². The van der Waals surface area contributed by atoms with Crippen LogP contribution in [-0.4, -0.2) is 22.6 Å². The first-order chi connectivity index (χ1) is 10.5. The molecule has 0 atom stereocenters. The summed E-state index contributed by atoms with van der Waals surface area (Å²) in [6.07, 6.45) is 0.807. The summed E-state index contributed by atoms with van der Waals surface area (Å²) in [5, 5.41) is 0. The Bertz CT molecular complexity index is 739. The van der Waals surface area contributed by atoms with Crippen LogP contribution in [-0.2, 0) is 16.4 Å². The minimum Gasteiger partial charge on any atom is -0.497 e. The Morgan fingerprint density at radius 1 is 1.00 bits per heavy atom. The Morgan fingerprint density at radius 2 is 1.68 bits per heavy atom. The Balaban J connectivity index is 2.35. The molecule has 5 nitrogen and oxygen atoms in total. The Labute approximate surface area is 130 Å². The SMILES string of the molecule is CCc1ccc(OC)c(NS(=O)(=O)c2ccc(OC)cc2)c1. The first-order valence-electron chi connectivity index (χ1n) is 6.84. The van der Waals surface area contributed by atoms with E-state index in [2.05, 4.69) is 4.72 Å². The maximum absolute atomic E-state index is 12.5. The average Bonchev–Trinajstić information content (AvgIpc) is 2.54. The number of methoxy groups -OCH3 is 2. The van der Waals surface area contributed by atoms with E-state index in [4.69, 9.17) is 9.47 Å². The van der Waals surface area contributed by atoms with Crippen LogP contribution in [0.3, 0.4) is 0 Å². The van der Waals surface area contributed by atoms with Gasteiger partial charge in [-0.2, -0.15) is 0 Å². The van der Waals surface area contributed by atoms with Crippen molar-refractivity contribution in [2.24, 2.45) is 0 Å². The van der Waals surface area contributed by atoms with Gasteiger partial charge < -0.3 is 9.47 Å². The standard InChI is InChI=1S/C16H19NO4S/c1-4-12-5-10-16(21-3)15(11-12)17-22(18,19)14-8-6-13(20-2)7-9-14/h5-11,17H,4H2,1-3H3. The van der Waals surface area contributed by atoms with Crippen LogP contribution in [0.15, 0.2) is 47.4 Å². The van der Waals surface area contributed by atoms with E-state index in [0.717, 1.165) is 12.0 Å². The normalized spacial score (nSPS) is 11.0. The maximum Gasteiger partial charge on any atom is 0.262 e. The average molecular weight is 321 g/mol. The van der Waals surface area contributed by atoms with Crippen LogP contribution in [0.2, 0.25) is 0 Å². The van der Waals surface area contributed by atoms with Gasteiger partial charge in [-0.1, -0.05) is 13.0 Å². The van der Waals surface area contributed by atoms with Gasteiger partial charge in [-0.15, -0.1) is 0 Å². The molecule has 0 aromatic heterocycles. The highest BCUT2D eigenvalue weighted by molar-refractivity contribution is 7.92. The lowest BCUT2D eigenvalue weighted by atomic mass is 10.1. The summed E-state index contributed by atoms with van der Waals surface area (Å²) in [6.45, 7) is 2.00. The number of benzene rings is 2. The fourth-order valence-corrected chi connectivity index (χ4v) is 3.07. The number of ether oxygens (including phenoxy) is 2. The predicted octanol–water partition coefficient (Wildman–Crippen LogP) is 3.07. The van der Waals surface area contributed by atoms with E-state index in [1.54, 1.807) is 24.3 Å². The molecule has 2 aromatic rings. The fraction of sp³-hybridized carbons (Fsp3) is 0.250. The Hall–Kier alpha value is -2.21. The van der Waals surface area contributed by atoms with Gasteiger partial charge in [0, 0.05) is 0 Å². The first-order valence-corrected chi connectivity index (χ1v) is 8.32. The molecule has 0 radical (unpaired) electrons. The summed E-state index contributed by atoms with van der Waals surface area (Å²) in [4.78, 5) is 0.164.